The lowest BCUT2D eigenvalue weighted by molar-refractivity contribution is 0.263. The predicted molar refractivity (Wildman–Crippen MR) is 71.7 cm³/mol. The molecular weight excluding hydrogens is 284 g/mol. The van der Waals surface area contributed by atoms with Crippen LogP contribution in [0.2, 0.25) is 0 Å². The minimum absolute atomic E-state index is 0.461. The molecule has 0 bridgehead atoms. The van der Waals surface area contributed by atoms with Crippen LogP contribution in [0.3, 0.4) is 0 Å². The lowest BCUT2D eigenvalue weighted by Crippen LogP contribution is -2.37. The Morgan fingerprint density at radius 3 is 2.65 bits per heavy atom. The zero-order chi connectivity index (χ0) is 12.3. The number of likely N-dealkylation sites (tertiary alicyclic amines) is 1. The second-order valence-corrected chi connectivity index (χ2v) is 5.04. The minimum atomic E-state index is 0.461. The van der Waals surface area contributed by atoms with Gasteiger partial charge in [-0.3, -0.25) is 0 Å². The molecule has 2 rings (SSSR count). The molecule has 4 N–H and O–H groups in total. The highest BCUT2D eigenvalue weighted by Gasteiger charge is 2.18. The molecule has 2 heterocycles. The number of nitrogen functional groups attached to an aromatic ring is 1. The van der Waals surface area contributed by atoms with Crippen molar-refractivity contribution in [3.8, 4) is 0 Å². The van der Waals surface area contributed by atoms with Crippen LogP contribution in [0.25, 0.3) is 0 Å². The fourth-order valence-corrected chi connectivity index (χ4v) is 2.35. The SMILES string of the molecule is CN1CCC(Nc2ncnc(NN)c2Br)CC1. The summed E-state index contributed by atoms with van der Waals surface area (Å²) in [5.74, 6) is 6.75. The summed E-state index contributed by atoms with van der Waals surface area (Å²) in [6.07, 6.45) is 3.74. The summed E-state index contributed by atoms with van der Waals surface area (Å²) in [7, 11) is 2.15. The Bertz CT molecular complexity index is 377. The molecule has 0 atom stereocenters. The van der Waals surface area contributed by atoms with Gasteiger partial charge in [0.05, 0.1) is 0 Å². The number of rotatable bonds is 3. The van der Waals surface area contributed by atoms with Crippen LogP contribution in [0.1, 0.15) is 12.8 Å². The summed E-state index contributed by atoms with van der Waals surface area (Å²) >= 11 is 3.44. The molecule has 0 aromatic carbocycles. The van der Waals surface area contributed by atoms with Crippen molar-refractivity contribution in [2.75, 3.05) is 30.9 Å². The number of hydrogen-bond donors (Lipinski definition) is 3. The van der Waals surface area contributed by atoms with E-state index in [9.17, 15) is 0 Å². The monoisotopic (exact) mass is 300 g/mol. The van der Waals surface area contributed by atoms with Crippen molar-refractivity contribution in [2.45, 2.75) is 18.9 Å². The summed E-state index contributed by atoms with van der Waals surface area (Å²) < 4.78 is 0.779. The molecule has 0 saturated carbocycles. The lowest BCUT2D eigenvalue weighted by atomic mass is 10.1. The van der Waals surface area contributed by atoms with Crippen molar-refractivity contribution in [3.05, 3.63) is 10.8 Å². The Hall–Kier alpha value is -0.920. The fourth-order valence-electron chi connectivity index (χ4n) is 1.92. The van der Waals surface area contributed by atoms with E-state index in [1.807, 2.05) is 0 Å². The summed E-state index contributed by atoms with van der Waals surface area (Å²) in [5.41, 5.74) is 2.53. The normalized spacial score (nSPS) is 18.1. The number of nitrogens with two attached hydrogens (primary N) is 1. The van der Waals surface area contributed by atoms with E-state index in [2.05, 4.69) is 48.6 Å². The van der Waals surface area contributed by atoms with Gasteiger partial charge in [0.1, 0.15) is 16.6 Å². The molecule has 1 aliphatic rings. The van der Waals surface area contributed by atoms with E-state index in [-0.39, 0.29) is 0 Å². The standard InChI is InChI=1S/C10H17BrN6/c1-17-4-2-7(3-5-17)15-9-8(11)10(16-12)14-6-13-9/h6-7H,2-5,12H2,1H3,(H2,13,14,15,16). The summed E-state index contributed by atoms with van der Waals surface area (Å²) in [6.45, 7) is 2.23. The molecule has 0 radical (unpaired) electrons. The van der Waals surface area contributed by atoms with Gasteiger partial charge >= 0.3 is 0 Å². The van der Waals surface area contributed by atoms with Crippen molar-refractivity contribution in [1.29, 1.82) is 0 Å². The average molecular weight is 301 g/mol. The first-order chi connectivity index (χ1) is 8.20. The van der Waals surface area contributed by atoms with Gasteiger partial charge in [-0.25, -0.2) is 15.8 Å². The first-order valence-corrected chi connectivity index (χ1v) is 6.42. The van der Waals surface area contributed by atoms with E-state index in [1.165, 1.54) is 6.33 Å². The topological polar surface area (TPSA) is 79.1 Å². The van der Waals surface area contributed by atoms with Gasteiger partial charge in [0.25, 0.3) is 0 Å². The molecular formula is C10H17BrN6. The van der Waals surface area contributed by atoms with E-state index in [0.29, 0.717) is 11.9 Å². The van der Waals surface area contributed by atoms with Gasteiger partial charge in [0, 0.05) is 6.04 Å². The highest BCUT2D eigenvalue weighted by molar-refractivity contribution is 9.10. The molecule has 0 aliphatic carbocycles. The Morgan fingerprint density at radius 2 is 2.00 bits per heavy atom. The highest BCUT2D eigenvalue weighted by Crippen LogP contribution is 2.27. The third-order valence-corrected chi connectivity index (χ3v) is 3.74. The van der Waals surface area contributed by atoms with E-state index in [4.69, 9.17) is 5.84 Å². The van der Waals surface area contributed by atoms with Crippen LogP contribution in [0.5, 0.6) is 0 Å². The molecule has 1 saturated heterocycles. The minimum Gasteiger partial charge on any atom is -0.366 e. The molecule has 1 aromatic heterocycles. The van der Waals surface area contributed by atoms with Crippen LogP contribution in [-0.2, 0) is 0 Å². The van der Waals surface area contributed by atoms with Crippen molar-refractivity contribution in [1.82, 2.24) is 14.9 Å². The van der Waals surface area contributed by atoms with Crippen LogP contribution in [0.15, 0.2) is 10.8 Å². The number of hydrogen-bond acceptors (Lipinski definition) is 6. The number of piperidine rings is 1. The second-order valence-electron chi connectivity index (χ2n) is 4.25. The smallest absolute Gasteiger partial charge is 0.159 e. The van der Waals surface area contributed by atoms with Crippen LogP contribution in [0.4, 0.5) is 11.6 Å². The van der Waals surface area contributed by atoms with Gasteiger partial charge in [0.15, 0.2) is 5.82 Å². The third-order valence-electron chi connectivity index (χ3n) is 2.99. The fraction of sp³-hybridized carbons (Fsp3) is 0.600. The lowest BCUT2D eigenvalue weighted by Gasteiger charge is -2.30. The van der Waals surface area contributed by atoms with Crippen molar-refractivity contribution in [2.24, 2.45) is 5.84 Å². The first-order valence-electron chi connectivity index (χ1n) is 5.63. The number of anilines is 2. The van der Waals surface area contributed by atoms with Gasteiger partial charge in [-0.1, -0.05) is 0 Å². The molecule has 1 aliphatic heterocycles. The number of halogens is 1. The number of hydrazine groups is 1. The van der Waals surface area contributed by atoms with Crippen molar-refractivity contribution < 1.29 is 0 Å². The summed E-state index contributed by atoms with van der Waals surface area (Å²) in [6, 6.07) is 0.461. The maximum atomic E-state index is 5.37. The summed E-state index contributed by atoms with van der Waals surface area (Å²) in [5, 5.41) is 3.42. The number of aromatic nitrogens is 2. The average Bonchev–Trinajstić information content (AvgIpc) is 2.35. The first kappa shape index (κ1) is 12.5. The van der Waals surface area contributed by atoms with Crippen molar-refractivity contribution in [3.63, 3.8) is 0 Å². The molecule has 0 unspecified atom stereocenters. The van der Waals surface area contributed by atoms with Gasteiger partial charge < -0.3 is 15.6 Å². The van der Waals surface area contributed by atoms with E-state index in [0.717, 1.165) is 36.2 Å². The van der Waals surface area contributed by atoms with Gasteiger partial charge in [-0.05, 0) is 48.9 Å². The molecule has 94 valence electrons. The number of nitrogens with one attached hydrogen (secondary N) is 2. The predicted octanol–water partition coefficient (Wildman–Crippen LogP) is 1.03. The quantitative estimate of drug-likeness (QED) is 0.572. The van der Waals surface area contributed by atoms with Crippen LogP contribution < -0.4 is 16.6 Å². The molecule has 0 spiro atoms. The van der Waals surface area contributed by atoms with E-state index in [1.54, 1.807) is 0 Å². The maximum absolute atomic E-state index is 5.37. The molecule has 6 nitrogen and oxygen atoms in total. The molecule has 1 fully saturated rings. The van der Waals surface area contributed by atoms with Crippen LogP contribution >= 0.6 is 15.9 Å². The second kappa shape index (κ2) is 5.61. The zero-order valence-corrected chi connectivity index (χ0v) is 11.4. The largest absolute Gasteiger partial charge is 0.366 e. The zero-order valence-electron chi connectivity index (χ0n) is 9.78. The van der Waals surface area contributed by atoms with Crippen molar-refractivity contribution >= 4 is 27.6 Å². The Morgan fingerprint density at radius 1 is 1.35 bits per heavy atom. The maximum Gasteiger partial charge on any atom is 0.159 e. The number of nitrogens with zero attached hydrogens (tertiary/aromatic N) is 3. The van der Waals surface area contributed by atoms with Gasteiger partial charge in [-0.15, -0.1) is 0 Å². The molecule has 7 heteroatoms. The van der Waals surface area contributed by atoms with Gasteiger partial charge in [-0.2, -0.15) is 0 Å². The third kappa shape index (κ3) is 3.05. The van der Waals surface area contributed by atoms with E-state index < -0.39 is 0 Å². The van der Waals surface area contributed by atoms with Crippen LogP contribution in [0, 0.1) is 0 Å². The van der Waals surface area contributed by atoms with Gasteiger partial charge in [0.2, 0.25) is 0 Å². The highest BCUT2D eigenvalue weighted by atomic mass is 79.9. The van der Waals surface area contributed by atoms with Crippen LogP contribution in [-0.4, -0.2) is 41.0 Å². The molecule has 1 aromatic rings. The Labute approximate surface area is 109 Å². The van der Waals surface area contributed by atoms with E-state index >= 15 is 0 Å². The Kier molecular flexibility index (Phi) is 4.14. The Balaban J connectivity index is 2.03. The molecule has 0 amide bonds. The molecule has 17 heavy (non-hydrogen) atoms. The summed E-state index contributed by atoms with van der Waals surface area (Å²) in [4.78, 5) is 10.6.